The predicted molar refractivity (Wildman–Crippen MR) is 68.5 cm³/mol. The summed E-state index contributed by atoms with van der Waals surface area (Å²) in [6.07, 6.45) is 1.02. The number of aryl methyl sites for hydroxylation is 1. The fourth-order valence-corrected chi connectivity index (χ4v) is 1.54. The number of carbonyl (C=O) groups is 1. The number of aromatic nitrogens is 3. The first-order chi connectivity index (χ1) is 9.20. The van der Waals surface area contributed by atoms with Gasteiger partial charge >= 0.3 is 6.09 Å². The van der Waals surface area contributed by atoms with Crippen LogP contribution in [-0.4, -0.2) is 39.2 Å². The van der Waals surface area contributed by atoms with Crippen molar-refractivity contribution in [3.8, 4) is 11.4 Å². The summed E-state index contributed by atoms with van der Waals surface area (Å²) in [7, 11) is 1.85. The molecule has 0 fully saturated rings. The monoisotopic (exact) mass is 262 g/mol. The van der Waals surface area contributed by atoms with Gasteiger partial charge < -0.3 is 14.4 Å². The zero-order chi connectivity index (χ0) is 13.7. The maximum atomic E-state index is 11.3. The molecule has 2 N–H and O–H groups in total. The molecule has 0 aliphatic carbocycles. The van der Waals surface area contributed by atoms with Crippen LogP contribution in [0.3, 0.4) is 0 Å². The lowest BCUT2D eigenvalue weighted by atomic mass is 10.2. The minimum absolute atomic E-state index is 0.0249. The number of amides is 1. The lowest BCUT2D eigenvalue weighted by Crippen LogP contribution is -2.15. The highest BCUT2D eigenvalue weighted by atomic mass is 16.6. The van der Waals surface area contributed by atoms with E-state index in [0.29, 0.717) is 5.69 Å². The third-order valence-electron chi connectivity index (χ3n) is 2.43. The fraction of sp³-hybridized carbons (Fsp3) is 0.250. The van der Waals surface area contributed by atoms with Crippen LogP contribution in [-0.2, 0) is 11.8 Å². The van der Waals surface area contributed by atoms with Gasteiger partial charge in [0, 0.05) is 18.3 Å². The Kier molecular flexibility index (Phi) is 4.09. The van der Waals surface area contributed by atoms with Crippen LogP contribution in [0.25, 0.3) is 11.4 Å². The first kappa shape index (κ1) is 13.0. The number of hydrogen-bond donors (Lipinski definition) is 2. The van der Waals surface area contributed by atoms with Crippen LogP contribution in [0, 0.1) is 0 Å². The van der Waals surface area contributed by atoms with Crippen LogP contribution < -0.4 is 5.32 Å². The molecule has 0 aliphatic rings. The second-order valence-corrected chi connectivity index (χ2v) is 3.83. The number of hydrogen-bond acceptors (Lipinski definition) is 5. The number of carbonyl (C=O) groups excluding carboxylic acids is 1. The van der Waals surface area contributed by atoms with E-state index in [2.05, 4.69) is 15.5 Å². The fourth-order valence-electron chi connectivity index (χ4n) is 1.54. The summed E-state index contributed by atoms with van der Waals surface area (Å²) in [5.74, 6) is 0.745. The maximum absolute atomic E-state index is 11.3. The highest BCUT2D eigenvalue weighted by Crippen LogP contribution is 2.18. The highest BCUT2D eigenvalue weighted by Gasteiger charge is 2.06. The maximum Gasteiger partial charge on any atom is 0.411 e. The topological polar surface area (TPSA) is 89.3 Å². The van der Waals surface area contributed by atoms with Gasteiger partial charge in [0.05, 0.1) is 6.61 Å². The number of anilines is 1. The largest absolute Gasteiger partial charge is 0.447 e. The summed E-state index contributed by atoms with van der Waals surface area (Å²) >= 11 is 0. The lowest BCUT2D eigenvalue weighted by molar-refractivity contribution is 0.131. The molecule has 2 aromatic rings. The van der Waals surface area contributed by atoms with Gasteiger partial charge in [-0.25, -0.2) is 4.79 Å². The van der Waals surface area contributed by atoms with E-state index < -0.39 is 6.09 Å². The molecule has 19 heavy (non-hydrogen) atoms. The average Bonchev–Trinajstić information content (AvgIpc) is 2.83. The highest BCUT2D eigenvalue weighted by molar-refractivity contribution is 5.84. The predicted octanol–water partition coefficient (Wildman–Crippen LogP) is 1.02. The SMILES string of the molecule is Cn1cnnc1-c1ccc(NC(=O)OCCO)cc1. The number of aliphatic hydroxyl groups is 1. The molecule has 0 radical (unpaired) electrons. The van der Waals surface area contributed by atoms with Crippen molar-refractivity contribution in [2.75, 3.05) is 18.5 Å². The van der Waals surface area contributed by atoms with Gasteiger partial charge in [0.2, 0.25) is 0 Å². The van der Waals surface area contributed by atoms with Crippen molar-refractivity contribution in [3.05, 3.63) is 30.6 Å². The molecule has 0 bridgehead atoms. The summed E-state index contributed by atoms with van der Waals surface area (Å²) in [4.78, 5) is 11.3. The van der Waals surface area contributed by atoms with E-state index in [-0.39, 0.29) is 13.2 Å². The molecule has 1 aromatic carbocycles. The number of ether oxygens (including phenoxy) is 1. The van der Waals surface area contributed by atoms with Gasteiger partial charge in [-0.15, -0.1) is 10.2 Å². The standard InChI is InChI=1S/C12H14N4O3/c1-16-8-13-15-11(16)9-2-4-10(5-3-9)14-12(18)19-7-6-17/h2-5,8,17H,6-7H2,1H3,(H,14,18). The van der Waals surface area contributed by atoms with E-state index in [1.165, 1.54) is 0 Å². The minimum Gasteiger partial charge on any atom is -0.447 e. The zero-order valence-corrected chi connectivity index (χ0v) is 10.4. The van der Waals surface area contributed by atoms with Crippen LogP contribution >= 0.6 is 0 Å². The Balaban J connectivity index is 2.03. The van der Waals surface area contributed by atoms with Gasteiger partial charge in [0.1, 0.15) is 12.9 Å². The smallest absolute Gasteiger partial charge is 0.411 e. The Labute approximate surface area is 109 Å². The third kappa shape index (κ3) is 3.29. The number of benzene rings is 1. The third-order valence-corrected chi connectivity index (χ3v) is 2.43. The zero-order valence-electron chi connectivity index (χ0n) is 10.4. The summed E-state index contributed by atoms with van der Waals surface area (Å²) < 4.78 is 6.49. The van der Waals surface area contributed by atoms with Crippen LogP contribution in [0.5, 0.6) is 0 Å². The van der Waals surface area contributed by atoms with Crippen molar-refractivity contribution in [3.63, 3.8) is 0 Å². The molecular weight excluding hydrogens is 248 g/mol. The molecule has 0 spiro atoms. The Hall–Kier alpha value is -2.41. The second kappa shape index (κ2) is 5.96. The molecule has 100 valence electrons. The average molecular weight is 262 g/mol. The Morgan fingerprint density at radius 1 is 1.42 bits per heavy atom. The molecule has 7 heteroatoms. The van der Waals surface area contributed by atoms with Gasteiger partial charge in [0.25, 0.3) is 0 Å². The van der Waals surface area contributed by atoms with Crippen LogP contribution in [0.4, 0.5) is 10.5 Å². The quantitative estimate of drug-likeness (QED) is 0.858. The van der Waals surface area contributed by atoms with Crippen LogP contribution in [0.15, 0.2) is 30.6 Å². The van der Waals surface area contributed by atoms with Gasteiger partial charge in [-0.05, 0) is 24.3 Å². The Morgan fingerprint density at radius 3 is 2.74 bits per heavy atom. The van der Waals surface area contributed by atoms with Crippen molar-refractivity contribution in [2.24, 2.45) is 7.05 Å². The molecule has 0 aliphatic heterocycles. The van der Waals surface area contributed by atoms with Crippen molar-refractivity contribution in [2.45, 2.75) is 0 Å². The molecule has 1 amide bonds. The van der Waals surface area contributed by atoms with Crippen molar-refractivity contribution in [1.29, 1.82) is 0 Å². The molecule has 0 saturated carbocycles. The summed E-state index contributed by atoms with van der Waals surface area (Å²) in [6, 6.07) is 7.13. The minimum atomic E-state index is -0.597. The lowest BCUT2D eigenvalue weighted by Gasteiger charge is -2.06. The van der Waals surface area contributed by atoms with E-state index in [1.54, 1.807) is 23.0 Å². The summed E-state index contributed by atoms with van der Waals surface area (Å²) in [5, 5.41) is 18.9. The van der Waals surface area contributed by atoms with Crippen LogP contribution in [0.1, 0.15) is 0 Å². The van der Waals surface area contributed by atoms with Gasteiger partial charge in [-0.3, -0.25) is 5.32 Å². The van der Waals surface area contributed by atoms with Crippen molar-refractivity contribution >= 4 is 11.8 Å². The molecular formula is C12H14N4O3. The molecule has 7 nitrogen and oxygen atoms in total. The van der Waals surface area contributed by atoms with Gasteiger partial charge in [-0.2, -0.15) is 0 Å². The van der Waals surface area contributed by atoms with Gasteiger partial charge in [0.15, 0.2) is 5.82 Å². The molecule has 0 atom stereocenters. The summed E-state index contributed by atoms with van der Waals surface area (Å²) in [6.45, 7) is -0.221. The first-order valence-corrected chi connectivity index (χ1v) is 5.70. The molecule has 0 unspecified atom stereocenters. The Bertz CT molecular complexity index is 550. The van der Waals surface area contributed by atoms with E-state index in [0.717, 1.165) is 11.4 Å². The number of aliphatic hydroxyl groups excluding tert-OH is 1. The summed E-state index contributed by atoms with van der Waals surface area (Å²) in [5.41, 5.74) is 1.50. The van der Waals surface area contributed by atoms with E-state index >= 15 is 0 Å². The van der Waals surface area contributed by atoms with E-state index in [4.69, 9.17) is 9.84 Å². The number of rotatable bonds is 4. The second-order valence-electron chi connectivity index (χ2n) is 3.83. The number of nitrogens with one attached hydrogen (secondary N) is 1. The van der Waals surface area contributed by atoms with Gasteiger partial charge in [-0.1, -0.05) is 0 Å². The molecule has 1 aromatic heterocycles. The molecule has 0 saturated heterocycles. The molecule has 2 rings (SSSR count). The van der Waals surface area contributed by atoms with Crippen LogP contribution in [0.2, 0.25) is 0 Å². The Morgan fingerprint density at radius 2 is 2.16 bits per heavy atom. The first-order valence-electron chi connectivity index (χ1n) is 5.70. The van der Waals surface area contributed by atoms with E-state index in [9.17, 15) is 4.79 Å². The number of nitrogens with zero attached hydrogens (tertiary/aromatic N) is 3. The normalized spacial score (nSPS) is 10.2. The molecule has 1 heterocycles. The van der Waals surface area contributed by atoms with E-state index in [1.807, 2.05) is 19.2 Å². The van der Waals surface area contributed by atoms with Crippen molar-refractivity contribution < 1.29 is 14.6 Å². The van der Waals surface area contributed by atoms with Crippen molar-refractivity contribution in [1.82, 2.24) is 14.8 Å².